The molecule has 3 rings (SSSR count). The predicted octanol–water partition coefficient (Wildman–Crippen LogP) is -0.888. The number of nitrogens with two attached hydrogens (primary N) is 1. The number of nitrogens with zero attached hydrogens (tertiary/aromatic N) is 3. The molecule has 1 aliphatic carbocycles. The summed E-state index contributed by atoms with van der Waals surface area (Å²) in [7, 11) is -4.20. The molecule has 11 heteroatoms. The fourth-order valence-electron chi connectivity index (χ4n) is 2.64. The van der Waals surface area contributed by atoms with Crippen LogP contribution in [0.3, 0.4) is 0 Å². The van der Waals surface area contributed by atoms with Crippen LogP contribution >= 0.6 is 7.60 Å². The molecule has 0 spiro atoms. The zero-order chi connectivity index (χ0) is 16.1. The van der Waals surface area contributed by atoms with Crippen molar-refractivity contribution in [3.05, 3.63) is 28.3 Å². The number of hydrogen-bond acceptors (Lipinski definition) is 6. The van der Waals surface area contributed by atoms with Crippen LogP contribution < -0.4 is 11.3 Å². The lowest BCUT2D eigenvalue weighted by atomic mass is 10.2. The number of imidazole rings is 1. The van der Waals surface area contributed by atoms with E-state index in [2.05, 4.69) is 15.0 Å². The van der Waals surface area contributed by atoms with Crippen molar-refractivity contribution in [2.24, 2.45) is 0 Å². The van der Waals surface area contributed by atoms with E-state index in [-0.39, 0.29) is 23.5 Å². The van der Waals surface area contributed by atoms with Crippen LogP contribution in [0.15, 0.2) is 22.8 Å². The van der Waals surface area contributed by atoms with E-state index in [0.29, 0.717) is 5.57 Å². The van der Waals surface area contributed by atoms with Crippen molar-refractivity contribution in [3.8, 4) is 0 Å². The summed E-state index contributed by atoms with van der Waals surface area (Å²) in [6.07, 6.45) is 1.62. The first-order valence-corrected chi connectivity index (χ1v) is 8.19. The third-order valence-corrected chi connectivity index (χ3v) is 4.31. The number of nitrogens with one attached hydrogen (secondary N) is 1. The largest absolute Gasteiger partial charge is 0.387 e. The Kier molecular flexibility index (Phi) is 3.41. The maximum Gasteiger partial charge on any atom is 0.329 e. The molecule has 0 bridgehead atoms. The predicted molar refractivity (Wildman–Crippen MR) is 77.2 cm³/mol. The molecule has 0 aromatic carbocycles. The number of nitrogen functional groups attached to an aromatic ring is 1. The van der Waals surface area contributed by atoms with Crippen LogP contribution in [0.1, 0.15) is 12.5 Å². The van der Waals surface area contributed by atoms with Gasteiger partial charge in [-0.2, -0.15) is 4.98 Å². The molecular weight excluding hydrogens is 313 g/mol. The lowest BCUT2D eigenvalue weighted by Crippen LogP contribution is -2.19. The van der Waals surface area contributed by atoms with Crippen molar-refractivity contribution in [2.75, 3.05) is 11.9 Å². The van der Waals surface area contributed by atoms with Crippen molar-refractivity contribution in [2.45, 2.75) is 18.6 Å². The summed E-state index contributed by atoms with van der Waals surface area (Å²) in [6, 6.07) is -0.541. The van der Waals surface area contributed by atoms with Crippen molar-refractivity contribution in [1.82, 2.24) is 19.5 Å². The minimum Gasteiger partial charge on any atom is -0.387 e. The number of aromatic amines is 1. The van der Waals surface area contributed by atoms with E-state index in [1.807, 2.05) is 0 Å². The Hall–Kier alpha value is -2.00. The van der Waals surface area contributed by atoms with Gasteiger partial charge in [0.05, 0.1) is 24.6 Å². The van der Waals surface area contributed by atoms with Gasteiger partial charge in [0.2, 0.25) is 5.95 Å². The molecular formula is C11H14N5O5P. The summed E-state index contributed by atoms with van der Waals surface area (Å²) in [5.41, 5.74) is 5.78. The highest BCUT2D eigenvalue weighted by Crippen LogP contribution is 2.42. The molecule has 22 heavy (non-hydrogen) atoms. The topological polar surface area (TPSA) is 167 Å². The van der Waals surface area contributed by atoms with Gasteiger partial charge in [-0.25, -0.2) is 4.98 Å². The molecule has 0 aliphatic heterocycles. The molecule has 0 saturated heterocycles. The second-order valence-electron chi connectivity index (χ2n) is 5.18. The molecule has 2 aromatic rings. The Morgan fingerprint density at radius 3 is 2.91 bits per heavy atom. The maximum atomic E-state index is 11.7. The van der Waals surface area contributed by atoms with E-state index in [0.717, 1.165) is 0 Å². The standard InChI is InChI=1S/C11H14N5O5P/c12-11-14-9-8(10(18)15-11)13-4-16(9)6-1-5(2-7(6)17)3-22(19,20)21/h2,4,6-7,17H,1,3H2,(H2,19,20,21)(H3,12,14,15,18)/t6-,7-/m1/s1. The molecule has 0 radical (unpaired) electrons. The first kappa shape index (κ1) is 14.9. The second-order valence-corrected chi connectivity index (χ2v) is 6.83. The van der Waals surface area contributed by atoms with Gasteiger partial charge in [0.25, 0.3) is 5.56 Å². The SMILES string of the molecule is Nc1nc2c(ncn2[C@@H]2CC(CP(=O)(O)O)=C[C@H]2O)c(=O)[nH]1. The highest BCUT2D eigenvalue weighted by Gasteiger charge is 2.31. The molecule has 6 N–H and O–H groups in total. The first-order valence-electron chi connectivity index (χ1n) is 6.39. The Labute approximate surface area is 123 Å². The lowest BCUT2D eigenvalue weighted by Gasteiger charge is -2.17. The van der Waals surface area contributed by atoms with Gasteiger partial charge in [0.1, 0.15) is 0 Å². The summed E-state index contributed by atoms with van der Waals surface area (Å²) in [6.45, 7) is 0. The van der Waals surface area contributed by atoms with Gasteiger partial charge in [0.15, 0.2) is 11.2 Å². The highest BCUT2D eigenvalue weighted by atomic mass is 31.2. The fourth-order valence-corrected chi connectivity index (χ4v) is 3.40. The molecule has 0 saturated carbocycles. The molecule has 1 aliphatic rings. The van der Waals surface area contributed by atoms with E-state index < -0.39 is 31.5 Å². The smallest absolute Gasteiger partial charge is 0.329 e. The van der Waals surface area contributed by atoms with Crippen LogP contribution in [-0.4, -0.2) is 46.7 Å². The Morgan fingerprint density at radius 1 is 1.50 bits per heavy atom. The Morgan fingerprint density at radius 2 is 2.23 bits per heavy atom. The third kappa shape index (κ3) is 2.69. The lowest BCUT2D eigenvalue weighted by molar-refractivity contribution is 0.170. The third-order valence-electron chi connectivity index (χ3n) is 3.49. The van der Waals surface area contributed by atoms with Gasteiger partial charge >= 0.3 is 7.60 Å². The van der Waals surface area contributed by atoms with Crippen LogP contribution in [0.5, 0.6) is 0 Å². The molecule has 2 aromatic heterocycles. The zero-order valence-electron chi connectivity index (χ0n) is 11.2. The van der Waals surface area contributed by atoms with Gasteiger partial charge < -0.3 is 25.2 Å². The van der Waals surface area contributed by atoms with Crippen molar-refractivity contribution in [3.63, 3.8) is 0 Å². The summed E-state index contributed by atoms with van der Waals surface area (Å²) < 4.78 is 12.6. The van der Waals surface area contributed by atoms with Gasteiger partial charge in [-0.05, 0) is 6.42 Å². The van der Waals surface area contributed by atoms with Crippen LogP contribution in [0, 0.1) is 0 Å². The molecule has 2 atom stereocenters. The minimum absolute atomic E-state index is 0.0739. The Bertz CT molecular complexity index is 865. The van der Waals surface area contributed by atoms with Crippen LogP contribution in [-0.2, 0) is 4.57 Å². The monoisotopic (exact) mass is 327 g/mol. The molecule has 2 heterocycles. The van der Waals surface area contributed by atoms with E-state index in [1.165, 1.54) is 17.0 Å². The number of hydrogen-bond donors (Lipinski definition) is 5. The number of H-pyrrole nitrogens is 1. The average molecular weight is 327 g/mol. The van der Waals surface area contributed by atoms with Crippen molar-refractivity contribution in [1.29, 1.82) is 0 Å². The summed E-state index contributed by atoms with van der Waals surface area (Å²) in [5, 5.41) is 10.1. The molecule has 0 fully saturated rings. The van der Waals surface area contributed by atoms with Crippen LogP contribution in [0.4, 0.5) is 5.95 Å². The number of rotatable bonds is 3. The summed E-state index contributed by atoms with van der Waals surface area (Å²) in [5.74, 6) is -0.0739. The second kappa shape index (κ2) is 5.03. The number of aliphatic hydroxyl groups excluding tert-OH is 1. The van der Waals surface area contributed by atoms with E-state index in [4.69, 9.17) is 15.5 Å². The normalized spacial score (nSPS) is 22.2. The average Bonchev–Trinajstić information content (AvgIpc) is 2.90. The molecule has 0 unspecified atom stereocenters. The van der Waals surface area contributed by atoms with E-state index in [1.54, 1.807) is 0 Å². The summed E-state index contributed by atoms with van der Waals surface area (Å²) >= 11 is 0. The maximum absolute atomic E-state index is 11.7. The van der Waals surface area contributed by atoms with Gasteiger partial charge in [0, 0.05) is 0 Å². The molecule has 118 valence electrons. The number of aromatic nitrogens is 4. The number of allylic oxidation sites excluding steroid dienone is 1. The number of fused-ring (bicyclic) bond motifs is 1. The van der Waals surface area contributed by atoms with Crippen LogP contribution in [0.2, 0.25) is 0 Å². The Balaban J connectivity index is 1.97. The van der Waals surface area contributed by atoms with Gasteiger partial charge in [-0.15, -0.1) is 0 Å². The van der Waals surface area contributed by atoms with Crippen LogP contribution in [0.25, 0.3) is 11.2 Å². The minimum atomic E-state index is -4.20. The fraction of sp³-hybridized carbons (Fsp3) is 0.364. The van der Waals surface area contributed by atoms with Gasteiger partial charge in [-0.1, -0.05) is 11.6 Å². The van der Waals surface area contributed by atoms with Crippen molar-refractivity contribution < 1.29 is 19.5 Å². The molecule has 0 amide bonds. The number of anilines is 1. The quantitative estimate of drug-likeness (QED) is 0.357. The zero-order valence-corrected chi connectivity index (χ0v) is 12.1. The van der Waals surface area contributed by atoms with E-state index >= 15 is 0 Å². The number of aliphatic hydroxyl groups is 1. The first-order chi connectivity index (χ1) is 10.2. The van der Waals surface area contributed by atoms with Crippen molar-refractivity contribution >= 4 is 24.7 Å². The highest BCUT2D eigenvalue weighted by molar-refractivity contribution is 7.52. The van der Waals surface area contributed by atoms with E-state index in [9.17, 15) is 14.5 Å². The van der Waals surface area contributed by atoms with Gasteiger partial charge in [-0.3, -0.25) is 14.3 Å². The molecule has 10 nitrogen and oxygen atoms in total. The summed E-state index contributed by atoms with van der Waals surface area (Å²) in [4.78, 5) is 40.1.